The number of aliphatic hydroxyl groups excluding tert-OH is 1. The predicted octanol–water partition coefficient (Wildman–Crippen LogP) is 2.76. The maximum Gasteiger partial charge on any atom is 0.416 e. The average molecular weight is 245 g/mol. The third-order valence-electron chi connectivity index (χ3n) is 3.83. The van der Waals surface area contributed by atoms with Gasteiger partial charge in [-0.1, -0.05) is 13.8 Å². The number of alkyl halides is 3. The minimum absolute atomic E-state index is 0.111. The summed E-state index contributed by atoms with van der Waals surface area (Å²) < 4.78 is 38.7. The Hall–Kier alpha value is -1.10. The maximum atomic E-state index is 12.9. The van der Waals surface area contributed by atoms with Gasteiger partial charge in [0.15, 0.2) is 0 Å². The lowest BCUT2D eigenvalue weighted by Gasteiger charge is -2.22. The van der Waals surface area contributed by atoms with Crippen molar-refractivity contribution in [1.29, 1.82) is 0 Å². The number of hydrogen-bond donors (Lipinski definition) is 1. The van der Waals surface area contributed by atoms with Gasteiger partial charge in [0.25, 0.3) is 0 Å². The Morgan fingerprint density at radius 1 is 1.41 bits per heavy atom. The van der Waals surface area contributed by atoms with E-state index in [2.05, 4.69) is 4.98 Å². The van der Waals surface area contributed by atoms with E-state index in [0.29, 0.717) is 6.42 Å². The summed E-state index contributed by atoms with van der Waals surface area (Å²) in [7, 11) is 0. The topological polar surface area (TPSA) is 33.1 Å². The van der Waals surface area contributed by atoms with Gasteiger partial charge in [0.2, 0.25) is 0 Å². The van der Waals surface area contributed by atoms with Gasteiger partial charge in [-0.25, -0.2) is 0 Å². The molecule has 0 saturated heterocycles. The van der Waals surface area contributed by atoms with E-state index >= 15 is 0 Å². The molecule has 0 spiro atoms. The second-order valence-corrected chi connectivity index (χ2v) is 5.22. The van der Waals surface area contributed by atoms with E-state index in [1.54, 1.807) is 0 Å². The summed E-state index contributed by atoms with van der Waals surface area (Å²) in [5, 5.41) is 9.44. The molecule has 1 aromatic heterocycles. The Bertz CT molecular complexity index is 442. The molecule has 1 fully saturated rings. The molecule has 0 aliphatic heterocycles. The third kappa shape index (κ3) is 1.73. The Labute approximate surface area is 97.5 Å². The third-order valence-corrected chi connectivity index (χ3v) is 3.83. The van der Waals surface area contributed by atoms with Crippen molar-refractivity contribution in [2.45, 2.75) is 31.9 Å². The Morgan fingerprint density at radius 3 is 2.41 bits per heavy atom. The summed E-state index contributed by atoms with van der Waals surface area (Å²) in [6.07, 6.45) is -1.50. The van der Waals surface area contributed by atoms with Gasteiger partial charge in [-0.05, 0) is 23.5 Å². The molecule has 5 heteroatoms. The van der Waals surface area contributed by atoms with Crippen LogP contribution in [-0.4, -0.2) is 16.7 Å². The predicted molar refractivity (Wildman–Crippen MR) is 56.4 cm³/mol. The lowest BCUT2D eigenvalue weighted by atomic mass is 9.86. The quantitative estimate of drug-likeness (QED) is 0.869. The molecule has 2 nitrogen and oxygen atoms in total. The number of aromatic nitrogens is 1. The number of nitrogens with zero attached hydrogens (tertiary/aromatic N) is 1. The van der Waals surface area contributed by atoms with Crippen molar-refractivity contribution in [3.05, 3.63) is 29.6 Å². The molecular formula is C12H14F3NO. The lowest BCUT2D eigenvalue weighted by molar-refractivity contribution is -0.138. The zero-order chi connectivity index (χ0) is 12.9. The van der Waals surface area contributed by atoms with Crippen molar-refractivity contribution in [2.75, 3.05) is 6.61 Å². The van der Waals surface area contributed by atoms with E-state index in [4.69, 9.17) is 0 Å². The largest absolute Gasteiger partial charge is 0.416 e. The molecular weight excluding hydrogens is 231 g/mol. The minimum Gasteiger partial charge on any atom is -0.395 e. The molecule has 1 aliphatic carbocycles. The van der Waals surface area contributed by atoms with Crippen LogP contribution < -0.4 is 0 Å². The first-order valence-electron chi connectivity index (χ1n) is 5.37. The van der Waals surface area contributed by atoms with Gasteiger partial charge in [-0.15, -0.1) is 0 Å². The van der Waals surface area contributed by atoms with Gasteiger partial charge < -0.3 is 5.11 Å². The molecule has 2 rings (SSSR count). The second kappa shape index (κ2) is 3.45. The van der Waals surface area contributed by atoms with Gasteiger partial charge in [-0.3, -0.25) is 4.98 Å². The van der Waals surface area contributed by atoms with Gasteiger partial charge in [-0.2, -0.15) is 13.2 Å². The highest BCUT2D eigenvalue weighted by Crippen LogP contribution is 2.65. The summed E-state index contributed by atoms with van der Waals surface area (Å²) in [6.45, 7) is 3.43. The van der Waals surface area contributed by atoms with Crippen LogP contribution >= 0.6 is 0 Å². The molecule has 0 amide bonds. The van der Waals surface area contributed by atoms with Gasteiger partial charge in [0.1, 0.15) is 0 Å². The Morgan fingerprint density at radius 2 is 2.00 bits per heavy atom. The molecule has 0 radical (unpaired) electrons. The van der Waals surface area contributed by atoms with Crippen LogP contribution in [0.2, 0.25) is 0 Å². The van der Waals surface area contributed by atoms with E-state index in [1.165, 1.54) is 6.20 Å². The molecule has 1 unspecified atom stereocenters. The van der Waals surface area contributed by atoms with Crippen LogP contribution in [0.25, 0.3) is 0 Å². The lowest BCUT2D eigenvalue weighted by Crippen LogP contribution is -2.24. The highest BCUT2D eigenvalue weighted by atomic mass is 19.4. The number of aliphatic hydroxyl groups is 1. The number of halogens is 3. The molecule has 0 bridgehead atoms. The minimum atomic E-state index is -4.40. The smallest absolute Gasteiger partial charge is 0.395 e. The van der Waals surface area contributed by atoms with Crippen LogP contribution in [0, 0.1) is 5.41 Å². The fourth-order valence-electron chi connectivity index (χ4n) is 2.55. The summed E-state index contributed by atoms with van der Waals surface area (Å²) in [5.41, 5.74) is -1.69. The summed E-state index contributed by atoms with van der Waals surface area (Å²) >= 11 is 0. The van der Waals surface area contributed by atoms with Gasteiger partial charge in [0.05, 0.1) is 12.2 Å². The van der Waals surface area contributed by atoms with Crippen LogP contribution in [0.5, 0.6) is 0 Å². The van der Waals surface area contributed by atoms with Crippen molar-refractivity contribution in [2.24, 2.45) is 5.41 Å². The number of pyridine rings is 1. The Kier molecular flexibility index (Phi) is 2.51. The Balaban J connectivity index is 2.54. The zero-order valence-corrected chi connectivity index (χ0v) is 9.67. The fourth-order valence-corrected chi connectivity index (χ4v) is 2.55. The van der Waals surface area contributed by atoms with Crippen LogP contribution in [0.3, 0.4) is 0 Å². The molecule has 1 aliphatic rings. The van der Waals surface area contributed by atoms with Crippen molar-refractivity contribution in [3.63, 3.8) is 0 Å². The molecule has 0 aromatic carbocycles. The summed E-state index contributed by atoms with van der Waals surface area (Å²) in [5.74, 6) is 0. The molecule has 1 atom stereocenters. The van der Waals surface area contributed by atoms with Crippen LogP contribution in [-0.2, 0) is 11.6 Å². The molecule has 1 saturated carbocycles. The molecule has 1 aromatic rings. The van der Waals surface area contributed by atoms with Crippen LogP contribution in [0.1, 0.15) is 31.4 Å². The molecule has 17 heavy (non-hydrogen) atoms. The first kappa shape index (κ1) is 12.4. The fraction of sp³-hybridized carbons (Fsp3) is 0.583. The summed E-state index contributed by atoms with van der Waals surface area (Å²) in [4.78, 5) is 3.77. The summed E-state index contributed by atoms with van der Waals surface area (Å²) in [6, 6.07) is 0.973. The maximum absolute atomic E-state index is 12.9. The standard InChI is InChI=1S/C12H14F3NO/c1-10(2)6-11(10,7-17)9-5-16-4-3-8(9)12(13,14)15/h3-5,17H,6-7H2,1-2H3. The zero-order valence-electron chi connectivity index (χ0n) is 9.67. The van der Waals surface area contributed by atoms with Crippen LogP contribution in [0.4, 0.5) is 13.2 Å². The number of hydrogen-bond acceptors (Lipinski definition) is 2. The monoisotopic (exact) mass is 245 g/mol. The van der Waals surface area contributed by atoms with Crippen molar-refractivity contribution in [3.8, 4) is 0 Å². The second-order valence-electron chi connectivity index (χ2n) is 5.22. The number of rotatable bonds is 2. The van der Waals surface area contributed by atoms with E-state index < -0.39 is 17.2 Å². The highest BCUT2D eigenvalue weighted by molar-refractivity contribution is 5.42. The highest BCUT2D eigenvalue weighted by Gasteiger charge is 2.63. The van der Waals surface area contributed by atoms with Crippen LogP contribution in [0.15, 0.2) is 18.5 Å². The van der Waals surface area contributed by atoms with Gasteiger partial charge >= 0.3 is 6.18 Å². The van der Waals surface area contributed by atoms with E-state index in [-0.39, 0.29) is 17.6 Å². The van der Waals surface area contributed by atoms with Crippen molar-refractivity contribution >= 4 is 0 Å². The normalized spacial score (nSPS) is 26.9. The van der Waals surface area contributed by atoms with E-state index in [1.807, 2.05) is 13.8 Å². The SMILES string of the molecule is CC1(C)CC1(CO)c1cnccc1C(F)(F)F. The van der Waals surface area contributed by atoms with Crippen molar-refractivity contribution in [1.82, 2.24) is 4.98 Å². The first-order chi connectivity index (χ1) is 7.74. The van der Waals surface area contributed by atoms with E-state index in [0.717, 1.165) is 12.3 Å². The molecule has 94 valence electrons. The molecule has 1 N–H and O–H groups in total. The van der Waals surface area contributed by atoms with Crippen molar-refractivity contribution < 1.29 is 18.3 Å². The van der Waals surface area contributed by atoms with Gasteiger partial charge in [0, 0.05) is 17.8 Å². The first-order valence-corrected chi connectivity index (χ1v) is 5.37. The average Bonchev–Trinajstić information content (AvgIpc) is 2.81. The molecule has 1 heterocycles. The van der Waals surface area contributed by atoms with E-state index in [9.17, 15) is 18.3 Å².